The zero-order chi connectivity index (χ0) is 13.0. The number of aromatic nitrogens is 2. The number of aliphatic hydroxyl groups is 2. The van der Waals surface area contributed by atoms with Crippen molar-refractivity contribution in [3.63, 3.8) is 0 Å². The average molecular weight is 246 g/mol. The van der Waals surface area contributed by atoms with Crippen LogP contribution in [0.2, 0.25) is 0 Å². The van der Waals surface area contributed by atoms with E-state index in [1.54, 1.807) is 37.4 Å². The number of benzene rings is 1. The summed E-state index contributed by atoms with van der Waals surface area (Å²) in [4.78, 5) is 8.14. The molecule has 5 heteroatoms. The molecule has 0 unspecified atom stereocenters. The van der Waals surface area contributed by atoms with Crippen LogP contribution in [0.15, 0.2) is 30.5 Å². The first-order valence-corrected chi connectivity index (χ1v) is 5.54. The fraction of sp³-hybridized carbons (Fsp3) is 0.231. The van der Waals surface area contributed by atoms with Crippen LogP contribution in [0.5, 0.6) is 11.8 Å². The van der Waals surface area contributed by atoms with Crippen LogP contribution in [-0.2, 0) is 13.2 Å². The highest BCUT2D eigenvalue weighted by Crippen LogP contribution is 2.19. The minimum absolute atomic E-state index is 0.00108. The lowest BCUT2D eigenvalue weighted by Crippen LogP contribution is -1.98. The molecule has 0 aliphatic heterocycles. The van der Waals surface area contributed by atoms with E-state index in [2.05, 4.69) is 9.97 Å². The second-order valence-electron chi connectivity index (χ2n) is 3.83. The molecule has 0 fully saturated rings. The van der Waals surface area contributed by atoms with Gasteiger partial charge in [-0.15, -0.1) is 0 Å². The Morgan fingerprint density at radius 3 is 2.39 bits per heavy atom. The Bertz CT molecular complexity index is 526. The molecular weight excluding hydrogens is 232 g/mol. The maximum absolute atomic E-state index is 9.01. The lowest BCUT2D eigenvalue weighted by molar-refractivity contribution is 0.279. The Kier molecular flexibility index (Phi) is 3.86. The van der Waals surface area contributed by atoms with Gasteiger partial charge in [0.1, 0.15) is 5.75 Å². The number of rotatable bonds is 4. The summed E-state index contributed by atoms with van der Waals surface area (Å²) in [6.07, 6.45) is 1.54. The van der Waals surface area contributed by atoms with Gasteiger partial charge in [0.05, 0.1) is 18.9 Å². The van der Waals surface area contributed by atoms with E-state index in [4.69, 9.17) is 14.9 Å². The summed E-state index contributed by atoms with van der Waals surface area (Å²) in [5.41, 5.74) is 2.18. The second-order valence-corrected chi connectivity index (χ2v) is 3.83. The molecular formula is C13H14N2O3. The fourth-order valence-corrected chi connectivity index (χ4v) is 1.44. The molecule has 0 bridgehead atoms. The highest BCUT2D eigenvalue weighted by Gasteiger charge is 2.04. The molecule has 1 aromatic heterocycles. The van der Waals surface area contributed by atoms with Crippen LogP contribution >= 0.6 is 0 Å². The molecule has 1 aromatic carbocycles. The van der Waals surface area contributed by atoms with Crippen LogP contribution in [-0.4, -0.2) is 20.2 Å². The molecule has 0 aliphatic carbocycles. The smallest absolute Gasteiger partial charge is 0.322 e. The Morgan fingerprint density at radius 2 is 1.83 bits per heavy atom. The molecule has 0 spiro atoms. The zero-order valence-electron chi connectivity index (χ0n) is 10.00. The lowest BCUT2D eigenvalue weighted by atomic mass is 10.2. The lowest BCUT2D eigenvalue weighted by Gasteiger charge is -2.06. The van der Waals surface area contributed by atoms with Crippen LogP contribution in [0.25, 0.3) is 0 Å². The average Bonchev–Trinajstić information content (AvgIpc) is 2.40. The normalized spacial score (nSPS) is 10.4. The molecule has 1 heterocycles. The quantitative estimate of drug-likeness (QED) is 0.856. The van der Waals surface area contributed by atoms with Crippen molar-refractivity contribution in [2.24, 2.45) is 0 Å². The maximum Gasteiger partial charge on any atom is 0.322 e. The highest BCUT2D eigenvalue weighted by atomic mass is 16.5. The third-order valence-electron chi connectivity index (χ3n) is 2.54. The van der Waals surface area contributed by atoms with Gasteiger partial charge in [-0.1, -0.05) is 12.1 Å². The first-order chi connectivity index (χ1) is 8.72. The van der Waals surface area contributed by atoms with Crippen molar-refractivity contribution < 1.29 is 14.9 Å². The molecule has 2 aromatic rings. The minimum Gasteiger partial charge on any atom is -0.424 e. The van der Waals surface area contributed by atoms with E-state index >= 15 is 0 Å². The van der Waals surface area contributed by atoms with E-state index in [1.807, 2.05) is 0 Å². The van der Waals surface area contributed by atoms with Crippen LogP contribution in [0.1, 0.15) is 16.8 Å². The van der Waals surface area contributed by atoms with Crippen LogP contribution < -0.4 is 4.74 Å². The van der Waals surface area contributed by atoms with Gasteiger partial charge in [0.2, 0.25) is 0 Å². The van der Waals surface area contributed by atoms with Crippen molar-refractivity contribution in [1.29, 1.82) is 0 Å². The fourth-order valence-electron chi connectivity index (χ4n) is 1.44. The highest BCUT2D eigenvalue weighted by molar-refractivity contribution is 5.29. The molecule has 94 valence electrons. The van der Waals surface area contributed by atoms with E-state index in [1.165, 1.54) is 0 Å². The van der Waals surface area contributed by atoms with Crippen LogP contribution in [0.3, 0.4) is 0 Å². The van der Waals surface area contributed by atoms with Crippen molar-refractivity contribution in [3.8, 4) is 11.8 Å². The molecule has 2 N–H and O–H groups in total. The van der Waals surface area contributed by atoms with E-state index < -0.39 is 0 Å². The van der Waals surface area contributed by atoms with E-state index in [0.29, 0.717) is 17.0 Å². The number of nitrogens with zero attached hydrogens (tertiary/aromatic N) is 2. The summed E-state index contributed by atoms with van der Waals surface area (Å²) in [6.45, 7) is 1.70. The molecule has 0 amide bonds. The summed E-state index contributed by atoms with van der Waals surface area (Å²) in [5, 5.41) is 17.9. The number of aliphatic hydroxyl groups excluding tert-OH is 2. The third kappa shape index (κ3) is 2.82. The van der Waals surface area contributed by atoms with Gasteiger partial charge < -0.3 is 14.9 Å². The molecule has 2 rings (SSSR count). The molecule has 18 heavy (non-hydrogen) atoms. The van der Waals surface area contributed by atoms with E-state index in [0.717, 1.165) is 5.56 Å². The number of hydrogen-bond donors (Lipinski definition) is 2. The molecule has 0 aliphatic rings. The van der Waals surface area contributed by atoms with E-state index in [-0.39, 0.29) is 19.2 Å². The van der Waals surface area contributed by atoms with Crippen molar-refractivity contribution in [2.75, 3.05) is 0 Å². The van der Waals surface area contributed by atoms with Gasteiger partial charge in [0.25, 0.3) is 0 Å². The summed E-state index contributed by atoms with van der Waals surface area (Å²) >= 11 is 0. The molecule has 0 saturated carbocycles. The topological polar surface area (TPSA) is 75.5 Å². The van der Waals surface area contributed by atoms with Crippen LogP contribution in [0.4, 0.5) is 0 Å². The molecule has 0 radical (unpaired) electrons. The third-order valence-corrected chi connectivity index (χ3v) is 2.54. The van der Waals surface area contributed by atoms with Gasteiger partial charge in [-0.25, -0.2) is 4.98 Å². The number of hydrogen-bond acceptors (Lipinski definition) is 5. The Balaban J connectivity index is 2.15. The molecule has 0 saturated heterocycles. The van der Waals surface area contributed by atoms with Gasteiger partial charge in [-0.2, -0.15) is 4.98 Å². The largest absolute Gasteiger partial charge is 0.424 e. The number of ether oxygens (including phenoxy) is 1. The van der Waals surface area contributed by atoms with Crippen molar-refractivity contribution in [2.45, 2.75) is 20.1 Å². The molecule has 0 atom stereocenters. The van der Waals surface area contributed by atoms with Gasteiger partial charge in [0, 0.05) is 11.8 Å². The van der Waals surface area contributed by atoms with Gasteiger partial charge in [-0.05, 0) is 24.6 Å². The maximum atomic E-state index is 9.01. The minimum atomic E-state index is -0.0860. The van der Waals surface area contributed by atoms with Gasteiger partial charge in [-0.3, -0.25) is 0 Å². The summed E-state index contributed by atoms with van der Waals surface area (Å²) in [7, 11) is 0. The Morgan fingerprint density at radius 1 is 1.11 bits per heavy atom. The van der Waals surface area contributed by atoms with Gasteiger partial charge in [0.15, 0.2) is 0 Å². The summed E-state index contributed by atoms with van der Waals surface area (Å²) in [6, 6.07) is 7.25. The van der Waals surface area contributed by atoms with E-state index in [9.17, 15) is 0 Å². The monoisotopic (exact) mass is 246 g/mol. The first-order valence-electron chi connectivity index (χ1n) is 5.54. The predicted molar refractivity (Wildman–Crippen MR) is 65.1 cm³/mol. The van der Waals surface area contributed by atoms with Crippen molar-refractivity contribution >= 4 is 0 Å². The van der Waals surface area contributed by atoms with Crippen molar-refractivity contribution in [1.82, 2.24) is 9.97 Å². The van der Waals surface area contributed by atoms with Crippen molar-refractivity contribution in [3.05, 3.63) is 47.3 Å². The predicted octanol–water partition coefficient (Wildman–Crippen LogP) is 1.56. The SMILES string of the molecule is Cc1nc(Oc2ccc(CO)cc2)ncc1CO. The van der Waals surface area contributed by atoms with Gasteiger partial charge >= 0.3 is 6.01 Å². The number of aryl methyl sites for hydroxylation is 1. The standard InChI is InChI=1S/C13H14N2O3/c1-9-11(8-17)6-14-13(15-9)18-12-4-2-10(7-16)3-5-12/h2-6,16-17H,7-8H2,1H3. The summed E-state index contributed by atoms with van der Waals surface area (Å²) < 4.78 is 5.47. The Labute approximate surface area is 105 Å². The second kappa shape index (κ2) is 5.57. The zero-order valence-corrected chi connectivity index (χ0v) is 10.00. The first kappa shape index (κ1) is 12.5. The molecule has 5 nitrogen and oxygen atoms in total. The Hall–Kier alpha value is -1.98. The summed E-state index contributed by atoms with van der Waals surface area (Å²) in [5.74, 6) is 0.600. The van der Waals surface area contributed by atoms with Crippen LogP contribution in [0, 0.1) is 6.92 Å².